The van der Waals surface area contributed by atoms with Crippen molar-refractivity contribution in [2.75, 3.05) is 31.1 Å². The summed E-state index contributed by atoms with van der Waals surface area (Å²) in [4.78, 5) is 25.4. The van der Waals surface area contributed by atoms with Gasteiger partial charge in [0.2, 0.25) is 0 Å². The first-order chi connectivity index (χ1) is 12.2. The summed E-state index contributed by atoms with van der Waals surface area (Å²) in [5.74, 6) is 2.71. The molecule has 0 aromatic carbocycles. The monoisotopic (exact) mass is 340 g/mol. The van der Waals surface area contributed by atoms with Crippen molar-refractivity contribution in [3.05, 3.63) is 41.7 Å². The molecule has 1 saturated heterocycles. The Kier molecular flexibility index (Phi) is 3.87. The first kappa shape index (κ1) is 15.6. The van der Waals surface area contributed by atoms with Gasteiger partial charge in [0, 0.05) is 44.4 Å². The normalized spacial score (nSPS) is 15.1. The molecule has 1 amide bonds. The SMILES string of the molecule is CCc1nc2nc(C)cc(N3CCN(C(=O)c4ccco4)CC3)n2n1. The maximum absolute atomic E-state index is 12.4. The van der Waals surface area contributed by atoms with Crippen molar-refractivity contribution in [1.82, 2.24) is 24.5 Å². The van der Waals surface area contributed by atoms with Crippen LogP contribution in [0.5, 0.6) is 0 Å². The number of furan rings is 1. The predicted octanol–water partition coefficient (Wildman–Crippen LogP) is 1.55. The molecule has 0 N–H and O–H groups in total. The van der Waals surface area contributed by atoms with Crippen molar-refractivity contribution in [3.8, 4) is 0 Å². The van der Waals surface area contributed by atoms with Crippen molar-refractivity contribution in [3.63, 3.8) is 0 Å². The summed E-state index contributed by atoms with van der Waals surface area (Å²) in [6.07, 6.45) is 2.29. The third kappa shape index (κ3) is 2.84. The van der Waals surface area contributed by atoms with Gasteiger partial charge in [0.15, 0.2) is 11.6 Å². The van der Waals surface area contributed by atoms with Crippen molar-refractivity contribution in [2.45, 2.75) is 20.3 Å². The van der Waals surface area contributed by atoms with Crippen LogP contribution < -0.4 is 4.90 Å². The summed E-state index contributed by atoms with van der Waals surface area (Å²) >= 11 is 0. The Balaban J connectivity index is 1.55. The highest BCUT2D eigenvalue weighted by Gasteiger charge is 2.25. The minimum absolute atomic E-state index is 0.0604. The number of rotatable bonds is 3. The molecular formula is C17H20N6O2. The van der Waals surface area contributed by atoms with Gasteiger partial charge in [-0.2, -0.15) is 9.50 Å². The van der Waals surface area contributed by atoms with E-state index in [1.807, 2.05) is 24.8 Å². The van der Waals surface area contributed by atoms with E-state index in [1.54, 1.807) is 16.6 Å². The average Bonchev–Trinajstić information content (AvgIpc) is 3.30. The highest BCUT2D eigenvalue weighted by Crippen LogP contribution is 2.19. The second kappa shape index (κ2) is 6.19. The number of amides is 1. The molecule has 0 aliphatic carbocycles. The molecule has 3 aromatic rings. The van der Waals surface area contributed by atoms with Gasteiger partial charge in [-0.15, -0.1) is 5.10 Å². The molecule has 4 rings (SSSR count). The molecule has 8 heteroatoms. The Hall–Kier alpha value is -2.90. The molecule has 130 valence electrons. The molecule has 3 aromatic heterocycles. The molecule has 1 aliphatic rings. The Labute approximate surface area is 145 Å². The van der Waals surface area contributed by atoms with Crippen LogP contribution in [0.2, 0.25) is 0 Å². The van der Waals surface area contributed by atoms with Crippen LogP contribution in [0.4, 0.5) is 5.82 Å². The van der Waals surface area contributed by atoms with Crippen LogP contribution in [0, 0.1) is 6.92 Å². The van der Waals surface area contributed by atoms with Crippen molar-refractivity contribution in [1.29, 1.82) is 0 Å². The summed E-state index contributed by atoms with van der Waals surface area (Å²) in [6.45, 7) is 6.72. The van der Waals surface area contributed by atoms with E-state index in [1.165, 1.54) is 6.26 Å². The lowest BCUT2D eigenvalue weighted by molar-refractivity contribution is 0.0714. The van der Waals surface area contributed by atoms with E-state index >= 15 is 0 Å². The Morgan fingerprint density at radius 3 is 2.72 bits per heavy atom. The summed E-state index contributed by atoms with van der Waals surface area (Å²) in [6, 6.07) is 5.45. The number of aromatic nitrogens is 4. The maximum Gasteiger partial charge on any atom is 0.289 e. The van der Waals surface area contributed by atoms with Gasteiger partial charge in [0.05, 0.1) is 6.26 Å². The predicted molar refractivity (Wildman–Crippen MR) is 91.7 cm³/mol. The molecule has 0 bridgehead atoms. The van der Waals surface area contributed by atoms with Gasteiger partial charge < -0.3 is 14.2 Å². The third-order valence-electron chi connectivity index (χ3n) is 4.40. The summed E-state index contributed by atoms with van der Waals surface area (Å²) < 4.78 is 7.01. The van der Waals surface area contributed by atoms with Gasteiger partial charge in [-0.1, -0.05) is 6.92 Å². The van der Waals surface area contributed by atoms with E-state index in [2.05, 4.69) is 20.0 Å². The number of fused-ring (bicyclic) bond motifs is 1. The molecule has 4 heterocycles. The fourth-order valence-electron chi connectivity index (χ4n) is 3.08. The molecule has 25 heavy (non-hydrogen) atoms. The van der Waals surface area contributed by atoms with Crippen molar-refractivity contribution >= 4 is 17.5 Å². The number of piperazine rings is 1. The smallest absolute Gasteiger partial charge is 0.289 e. The molecular weight excluding hydrogens is 320 g/mol. The van der Waals surface area contributed by atoms with E-state index in [-0.39, 0.29) is 5.91 Å². The number of aryl methyl sites for hydroxylation is 2. The number of carbonyl (C=O) groups is 1. The van der Waals surface area contributed by atoms with Crippen LogP contribution in [0.3, 0.4) is 0 Å². The largest absolute Gasteiger partial charge is 0.459 e. The molecule has 0 spiro atoms. The summed E-state index contributed by atoms with van der Waals surface area (Å²) in [5.41, 5.74) is 0.909. The Morgan fingerprint density at radius 1 is 1.24 bits per heavy atom. The minimum atomic E-state index is -0.0604. The van der Waals surface area contributed by atoms with Gasteiger partial charge in [0.1, 0.15) is 5.82 Å². The van der Waals surface area contributed by atoms with Crippen LogP contribution in [0.1, 0.15) is 29.0 Å². The van der Waals surface area contributed by atoms with Crippen LogP contribution >= 0.6 is 0 Å². The number of carbonyl (C=O) groups excluding carboxylic acids is 1. The van der Waals surface area contributed by atoms with E-state index < -0.39 is 0 Å². The van der Waals surface area contributed by atoms with Crippen molar-refractivity contribution < 1.29 is 9.21 Å². The minimum Gasteiger partial charge on any atom is -0.459 e. The van der Waals surface area contributed by atoms with Crippen molar-refractivity contribution in [2.24, 2.45) is 0 Å². The Bertz CT molecular complexity index is 893. The van der Waals surface area contributed by atoms with Crippen LogP contribution in [-0.4, -0.2) is 56.6 Å². The van der Waals surface area contributed by atoms with E-state index in [9.17, 15) is 4.79 Å². The fraction of sp³-hybridized carbons (Fsp3) is 0.412. The van der Waals surface area contributed by atoms with Gasteiger partial charge >= 0.3 is 0 Å². The number of anilines is 1. The standard InChI is InChI=1S/C17H20N6O2/c1-3-14-19-17-18-12(2)11-15(23(17)20-14)21-6-8-22(9-7-21)16(24)13-5-4-10-25-13/h4-5,10-11H,3,6-9H2,1-2H3. The van der Waals surface area contributed by atoms with E-state index in [0.29, 0.717) is 24.6 Å². The molecule has 1 aliphatic heterocycles. The molecule has 8 nitrogen and oxygen atoms in total. The lowest BCUT2D eigenvalue weighted by Gasteiger charge is -2.35. The summed E-state index contributed by atoms with van der Waals surface area (Å²) in [5, 5.41) is 4.55. The zero-order valence-electron chi connectivity index (χ0n) is 14.3. The highest BCUT2D eigenvalue weighted by molar-refractivity contribution is 5.91. The zero-order chi connectivity index (χ0) is 17.4. The molecule has 0 atom stereocenters. The fourth-order valence-corrected chi connectivity index (χ4v) is 3.08. The van der Waals surface area contributed by atoms with E-state index in [4.69, 9.17) is 4.42 Å². The van der Waals surface area contributed by atoms with E-state index in [0.717, 1.165) is 36.8 Å². The van der Waals surface area contributed by atoms with Gasteiger partial charge in [-0.3, -0.25) is 4.79 Å². The van der Waals surface area contributed by atoms with Crippen LogP contribution in [-0.2, 0) is 6.42 Å². The second-order valence-corrected chi connectivity index (χ2v) is 6.11. The second-order valence-electron chi connectivity index (χ2n) is 6.11. The molecule has 0 saturated carbocycles. The number of hydrogen-bond acceptors (Lipinski definition) is 6. The quantitative estimate of drug-likeness (QED) is 0.720. The summed E-state index contributed by atoms with van der Waals surface area (Å²) in [7, 11) is 0. The molecule has 0 radical (unpaired) electrons. The van der Waals surface area contributed by atoms with Crippen LogP contribution in [0.25, 0.3) is 5.78 Å². The third-order valence-corrected chi connectivity index (χ3v) is 4.40. The lowest BCUT2D eigenvalue weighted by atomic mass is 10.2. The van der Waals surface area contributed by atoms with Gasteiger partial charge in [-0.25, -0.2) is 4.98 Å². The maximum atomic E-state index is 12.4. The zero-order valence-corrected chi connectivity index (χ0v) is 14.3. The number of nitrogens with zero attached hydrogens (tertiary/aromatic N) is 6. The topological polar surface area (TPSA) is 79.8 Å². The average molecular weight is 340 g/mol. The van der Waals surface area contributed by atoms with Gasteiger partial charge in [0.25, 0.3) is 11.7 Å². The Morgan fingerprint density at radius 2 is 2.04 bits per heavy atom. The lowest BCUT2D eigenvalue weighted by Crippen LogP contribution is -2.49. The first-order valence-electron chi connectivity index (χ1n) is 8.46. The highest BCUT2D eigenvalue weighted by atomic mass is 16.3. The molecule has 1 fully saturated rings. The van der Waals surface area contributed by atoms with Crippen LogP contribution in [0.15, 0.2) is 28.9 Å². The molecule has 0 unspecified atom stereocenters. The number of hydrogen-bond donors (Lipinski definition) is 0. The van der Waals surface area contributed by atoms with Gasteiger partial charge in [-0.05, 0) is 19.1 Å². The first-order valence-corrected chi connectivity index (χ1v) is 8.46.